The van der Waals surface area contributed by atoms with Crippen LogP contribution in [-0.4, -0.2) is 73.9 Å². The molecule has 0 spiro atoms. The predicted octanol–water partition coefficient (Wildman–Crippen LogP) is 1.23. The molecule has 2 unspecified atom stereocenters. The highest BCUT2D eigenvalue weighted by Crippen LogP contribution is 2.26. The molecule has 23 heavy (non-hydrogen) atoms. The number of nitrogens with zero attached hydrogens (tertiary/aromatic N) is 2. The topological polar surface area (TPSA) is 58.8 Å². The van der Waals surface area contributed by atoms with E-state index in [1.165, 1.54) is 0 Å². The SMILES string of the molecule is NC1CCC(C(=O)N2CCN(CCCOCC(F)(F)F)CC2)C1. The minimum Gasteiger partial charge on any atom is -0.372 e. The van der Waals surface area contributed by atoms with Crippen LogP contribution in [0.25, 0.3) is 0 Å². The third kappa shape index (κ3) is 6.27. The zero-order chi connectivity index (χ0) is 16.9. The molecule has 0 bridgehead atoms. The summed E-state index contributed by atoms with van der Waals surface area (Å²) in [6.07, 6.45) is -1.09. The number of halogens is 3. The molecular formula is C15H26F3N3O2. The first-order valence-corrected chi connectivity index (χ1v) is 8.26. The first-order chi connectivity index (χ1) is 10.8. The Hall–Kier alpha value is -0.860. The van der Waals surface area contributed by atoms with Crippen LogP contribution in [0.1, 0.15) is 25.7 Å². The molecule has 0 aromatic rings. The summed E-state index contributed by atoms with van der Waals surface area (Å²) in [6.45, 7) is 2.54. The number of alkyl halides is 3. The predicted molar refractivity (Wildman–Crippen MR) is 79.8 cm³/mol. The van der Waals surface area contributed by atoms with Gasteiger partial charge < -0.3 is 15.4 Å². The normalized spacial score (nSPS) is 26.7. The fourth-order valence-corrected chi connectivity index (χ4v) is 3.27. The molecule has 0 aromatic carbocycles. The van der Waals surface area contributed by atoms with Gasteiger partial charge in [0.25, 0.3) is 0 Å². The maximum absolute atomic E-state index is 12.4. The van der Waals surface area contributed by atoms with Crippen LogP contribution in [0, 0.1) is 5.92 Å². The number of hydrogen-bond donors (Lipinski definition) is 1. The van der Waals surface area contributed by atoms with Crippen molar-refractivity contribution in [2.45, 2.75) is 37.9 Å². The lowest BCUT2D eigenvalue weighted by Gasteiger charge is -2.36. The van der Waals surface area contributed by atoms with Gasteiger partial charge in [-0.1, -0.05) is 0 Å². The maximum Gasteiger partial charge on any atom is 0.411 e. The third-order valence-corrected chi connectivity index (χ3v) is 4.54. The molecule has 1 aliphatic heterocycles. The number of ether oxygens (including phenoxy) is 1. The second kappa shape index (κ2) is 8.30. The molecule has 1 aliphatic carbocycles. The molecule has 2 aliphatic rings. The van der Waals surface area contributed by atoms with E-state index in [-0.39, 0.29) is 24.5 Å². The lowest BCUT2D eigenvalue weighted by Crippen LogP contribution is -2.50. The smallest absolute Gasteiger partial charge is 0.372 e. The molecule has 134 valence electrons. The lowest BCUT2D eigenvalue weighted by atomic mass is 10.1. The van der Waals surface area contributed by atoms with Crippen molar-refractivity contribution in [3.05, 3.63) is 0 Å². The number of hydrogen-bond acceptors (Lipinski definition) is 4. The molecule has 0 aromatic heterocycles. The maximum atomic E-state index is 12.4. The Bertz CT molecular complexity index is 385. The molecule has 1 saturated heterocycles. The molecule has 1 saturated carbocycles. The van der Waals surface area contributed by atoms with Crippen LogP contribution in [0.4, 0.5) is 13.2 Å². The number of amides is 1. The summed E-state index contributed by atoms with van der Waals surface area (Å²) in [6, 6.07) is 0.155. The van der Waals surface area contributed by atoms with E-state index in [0.29, 0.717) is 26.1 Å². The van der Waals surface area contributed by atoms with E-state index in [0.717, 1.165) is 32.4 Å². The van der Waals surface area contributed by atoms with Crippen molar-refractivity contribution in [2.75, 3.05) is 45.9 Å². The first kappa shape index (κ1) is 18.5. The van der Waals surface area contributed by atoms with Crippen LogP contribution in [0.5, 0.6) is 0 Å². The van der Waals surface area contributed by atoms with E-state index in [1.807, 2.05) is 4.90 Å². The largest absolute Gasteiger partial charge is 0.411 e. The van der Waals surface area contributed by atoms with Crippen LogP contribution in [0.3, 0.4) is 0 Å². The van der Waals surface area contributed by atoms with Crippen LogP contribution in [0.2, 0.25) is 0 Å². The van der Waals surface area contributed by atoms with E-state index in [4.69, 9.17) is 5.73 Å². The van der Waals surface area contributed by atoms with Crippen molar-refractivity contribution < 1.29 is 22.7 Å². The second-order valence-electron chi connectivity index (χ2n) is 6.46. The van der Waals surface area contributed by atoms with Crippen molar-refractivity contribution in [2.24, 2.45) is 11.7 Å². The zero-order valence-electron chi connectivity index (χ0n) is 13.4. The van der Waals surface area contributed by atoms with Gasteiger partial charge in [-0.05, 0) is 25.7 Å². The summed E-state index contributed by atoms with van der Waals surface area (Å²) in [5.41, 5.74) is 5.86. The molecular weight excluding hydrogens is 311 g/mol. The van der Waals surface area contributed by atoms with Crippen LogP contribution in [-0.2, 0) is 9.53 Å². The summed E-state index contributed by atoms with van der Waals surface area (Å²) in [4.78, 5) is 16.4. The molecule has 8 heteroatoms. The van der Waals surface area contributed by atoms with E-state index >= 15 is 0 Å². The highest BCUT2D eigenvalue weighted by atomic mass is 19.4. The Morgan fingerprint density at radius 2 is 1.87 bits per heavy atom. The highest BCUT2D eigenvalue weighted by molar-refractivity contribution is 5.79. The van der Waals surface area contributed by atoms with Gasteiger partial charge in [0.1, 0.15) is 6.61 Å². The first-order valence-electron chi connectivity index (χ1n) is 8.26. The standard InChI is InChI=1S/C15H26F3N3O2/c16-15(17,18)11-23-9-1-4-20-5-7-21(8-6-20)14(22)12-2-3-13(19)10-12/h12-13H,1-11,19H2. The molecule has 2 N–H and O–H groups in total. The van der Waals surface area contributed by atoms with E-state index < -0.39 is 12.8 Å². The molecule has 2 rings (SSSR count). The summed E-state index contributed by atoms with van der Waals surface area (Å²) < 4.78 is 40.4. The Morgan fingerprint density at radius 1 is 1.17 bits per heavy atom. The third-order valence-electron chi connectivity index (χ3n) is 4.54. The van der Waals surface area contributed by atoms with Crippen molar-refractivity contribution in [3.8, 4) is 0 Å². The molecule has 2 atom stereocenters. The van der Waals surface area contributed by atoms with Crippen LogP contribution >= 0.6 is 0 Å². The fraction of sp³-hybridized carbons (Fsp3) is 0.933. The second-order valence-corrected chi connectivity index (χ2v) is 6.46. The highest BCUT2D eigenvalue weighted by Gasteiger charge is 2.32. The molecule has 5 nitrogen and oxygen atoms in total. The quantitative estimate of drug-likeness (QED) is 0.741. The minimum absolute atomic E-state index is 0.0762. The number of carbonyl (C=O) groups excluding carboxylic acids is 1. The van der Waals surface area contributed by atoms with E-state index in [9.17, 15) is 18.0 Å². The Balaban J connectivity index is 1.58. The van der Waals surface area contributed by atoms with Crippen molar-refractivity contribution in [3.63, 3.8) is 0 Å². The van der Waals surface area contributed by atoms with Gasteiger partial charge in [0.05, 0.1) is 0 Å². The van der Waals surface area contributed by atoms with Gasteiger partial charge in [0.15, 0.2) is 0 Å². The number of piperazine rings is 1. The van der Waals surface area contributed by atoms with Gasteiger partial charge in [-0.3, -0.25) is 9.69 Å². The molecule has 0 radical (unpaired) electrons. The van der Waals surface area contributed by atoms with E-state index in [2.05, 4.69) is 9.64 Å². The number of carbonyl (C=O) groups is 1. The average Bonchev–Trinajstić information content (AvgIpc) is 2.92. The van der Waals surface area contributed by atoms with E-state index in [1.54, 1.807) is 0 Å². The molecule has 1 amide bonds. The summed E-state index contributed by atoms with van der Waals surface area (Å²) in [5, 5.41) is 0. The lowest BCUT2D eigenvalue weighted by molar-refractivity contribution is -0.174. The van der Waals surface area contributed by atoms with Crippen molar-refractivity contribution in [1.82, 2.24) is 9.80 Å². The van der Waals surface area contributed by atoms with Crippen LogP contribution < -0.4 is 5.73 Å². The van der Waals surface area contributed by atoms with Gasteiger partial charge in [0.2, 0.25) is 5.91 Å². The molecule has 1 heterocycles. The van der Waals surface area contributed by atoms with Gasteiger partial charge in [-0.2, -0.15) is 13.2 Å². The number of rotatable bonds is 6. The molecule has 2 fully saturated rings. The van der Waals surface area contributed by atoms with Gasteiger partial charge in [-0.15, -0.1) is 0 Å². The summed E-state index contributed by atoms with van der Waals surface area (Å²) >= 11 is 0. The van der Waals surface area contributed by atoms with Gasteiger partial charge in [0, 0.05) is 51.3 Å². The fourth-order valence-electron chi connectivity index (χ4n) is 3.27. The average molecular weight is 337 g/mol. The van der Waals surface area contributed by atoms with Crippen molar-refractivity contribution in [1.29, 1.82) is 0 Å². The summed E-state index contributed by atoms with van der Waals surface area (Å²) in [5.74, 6) is 0.290. The van der Waals surface area contributed by atoms with Gasteiger partial charge in [-0.25, -0.2) is 0 Å². The Kier molecular flexibility index (Phi) is 6.67. The Morgan fingerprint density at radius 3 is 2.43 bits per heavy atom. The number of nitrogens with two attached hydrogens (primary N) is 1. The monoisotopic (exact) mass is 337 g/mol. The van der Waals surface area contributed by atoms with Crippen LogP contribution in [0.15, 0.2) is 0 Å². The Labute approximate surface area is 134 Å². The minimum atomic E-state index is -4.26. The zero-order valence-corrected chi connectivity index (χ0v) is 13.4. The summed E-state index contributed by atoms with van der Waals surface area (Å²) in [7, 11) is 0. The van der Waals surface area contributed by atoms with Gasteiger partial charge >= 0.3 is 6.18 Å². The van der Waals surface area contributed by atoms with Crippen molar-refractivity contribution >= 4 is 5.91 Å².